The summed E-state index contributed by atoms with van der Waals surface area (Å²) < 4.78 is 1.67. The van der Waals surface area contributed by atoms with Crippen LogP contribution in [0.25, 0.3) is 5.69 Å². The highest BCUT2D eigenvalue weighted by molar-refractivity contribution is 6.30. The summed E-state index contributed by atoms with van der Waals surface area (Å²) in [7, 11) is 1.76. The summed E-state index contributed by atoms with van der Waals surface area (Å²) in [5.41, 5.74) is 2.42. The molecule has 0 saturated heterocycles. The topological polar surface area (TPSA) is 80.1 Å². The van der Waals surface area contributed by atoms with Crippen LogP contribution in [-0.4, -0.2) is 45.1 Å². The number of nitrogens with one attached hydrogen (secondary N) is 1. The van der Waals surface area contributed by atoms with Crippen molar-refractivity contribution in [1.82, 2.24) is 25.0 Å². The fraction of sp³-hybridized carbons (Fsp3) is 0.238. The van der Waals surface area contributed by atoms with Crippen LogP contribution in [0.5, 0.6) is 0 Å². The average molecular weight is 412 g/mol. The first-order valence-corrected chi connectivity index (χ1v) is 9.58. The normalized spacial score (nSPS) is 11.7. The van der Waals surface area contributed by atoms with Gasteiger partial charge in [-0.1, -0.05) is 23.7 Å². The molecule has 0 bridgehead atoms. The van der Waals surface area contributed by atoms with Gasteiger partial charge in [0, 0.05) is 30.6 Å². The van der Waals surface area contributed by atoms with E-state index >= 15 is 0 Å². The van der Waals surface area contributed by atoms with E-state index in [4.69, 9.17) is 11.6 Å². The van der Waals surface area contributed by atoms with E-state index in [9.17, 15) is 9.59 Å². The van der Waals surface area contributed by atoms with Crippen molar-refractivity contribution in [1.29, 1.82) is 0 Å². The van der Waals surface area contributed by atoms with Crippen molar-refractivity contribution < 1.29 is 9.59 Å². The van der Waals surface area contributed by atoms with Crippen LogP contribution in [0.2, 0.25) is 5.02 Å². The molecule has 29 heavy (non-hydrogen) atoms. The number of aromatic nitrogens is 3. The summed E-state index contributed by atoms with van der Waals surface area (Å²) in [6, 6.07) is 14.3. The second-order valence-electron chi connectivity index (χ2n) is 6.62. The average Bonchev–Trinajstić information content (AvgIpc) is 3.28. The summed E-state index contributed by atoms with van der Waals surface area (Å²) in [4.78, 5) is 30.2. The monoisotopic (exact) mass is 411 g/mol. The predicted octanol–water partition coefficient (Wildman–Crippen LogP) is 3.26. The first-order chi connectivity index (χ1) is 14.0. The van der Waals surface area contributed by atoms with E-state index in [1.807, 2.05) is 31.2 Å². The highest BCUT2D eigenvalue weighted by Crippen LogP contribution is 2.20. The SMILES string of the molecule is C[C@@H](c1ccc(-n2cncn2)cc1)N(C)C(=O)CCNC(=O)c1ccc(Cl)cc1. The van der Waals surface area contributed by atoms with Crippen LogP contribution in [0, 0.1) is 0 Å². The van der Waals surface area contributed by atoms with Gasteiger partial charge in [-0.15, -0.1) is 0 Å². The number of carbonyl (C=O) groups excluding carboxylic acids is 2. The summed E-state index contributed by atoms with van der Waals surface area (Å²) in [6.45, 7) is 2.23. The molecular weight excluding hydrogens is 390 g/mol. The van der Waals surface area contributed by atoms with Gasteiger partial charge in [0.25, 0.3) is 5.91 Å². The van der Waals surface area contributed by atoms with Crippen LogP contribution in [0.3, 0.4) is 0 Å². The van der Waals surface area contributed by atoms with Gasteiger partial charge in [0.1, 0.15) is 12.7 Å². The summed E-state index contributed by atoms with van der Waals surface area (Å²) in [6.07, 6.45) is 3.33. The second kappa shape index (κ2) is 9.34. The molecule has 2 amide bonds. The van der Waals surface area contributed by atoms with Gasteiger partial charge < -0.3 is 10.2 Å². The Morgan fingerprint density at radius 3 is 2.45 bits per heavy atom. The Balaban J connectivity index is 1.51. The molecule has 7 nitrogen and oxygen atoms in total. The number of benzene rings is 2. The lowest BCUT2D eigenvalue weighted by molar-refractivity contribution is -0.131. The Kier molecular flexibility index (Phi) is 6.61. The number of hydrogen-bond donors (Lipinski definition) is 1. The maximum Gasteiger partial charge on any atom is 0.251 e. The zero-order valence-corrected chi connectivity index (χ0v) is 17.0. The van der Waals surface area contributed by atoms with Gasteiger partial charge in [-0.2, -0.15) is 5.10 Å². The highest BCUT2D eigenvalue weighted by atomic mass is 35.5. The van der Waals surface area contributed by atoms with Gasteiger partial charge in [-0.05, 0) is 48.9 Å². The number of nitrogens with zero attached hydrogens (tertiary/aromatic N) is 4. The standard InChI is InChI=1S/C21H22ClN5O2/c1-15(16-5-9-19(10-6-16)27-14-23-13-25-27)26(2)20(28)11-12-24-21(29)17-3-7-18(22)8-4-17/h3-10,13-15H,11-12H2,1-2H3,(H,24,29)/t15-/m0/s1. The lowest BCUT2D eigenvalue weighted by Crippen LogP contribution is -2.33. The van der Waals surface area contributed by atoms with E-state index in [1.54, 1.807) is 47.2 Å². The Morgan fingerprint density at radius 1 is 1.14 bits per heavy atom. The molecule has 0 aliphatic heterocycles. The Labute approximate surface area is 174 Å². The number of halogens is 1. The maximum atomic E-state index is 12.5. The minimum absolute atomic E-state index is 0.0470. The quantitative estimate of drug-likeness (QED) is 0.647. The van der Waals surface area contributed by atoms with E-state index in [2.05, 4.69) is 15.4 Å². The molecule has 150 valence electrons. The number of amides is 2. The lowest BCUT2D eigenvalue weighted by atomic mass is 10.1. The fourth-order valence-electron chi connectivity index (χ4n) is 2.85. The number of carbonyl (C=O) groups is 2. The highest BCUT2D eigenvalue weighted by Gasteiger charge is 2.17. The van der Waals surface area contributed by atoms with E-state index in [1.165, 1.54) is 6.33 Å². The smallest absolute Gasteiger partial charge is 0.251 e. The molecule has 8 heteroatoms. The minimum Gasteiger partial charge on any atom is -0.352 e. The molecule has 0 radical (unpaired) electrons. The molecule has 3 aromatic rings. The lowest BCUT2D eigenvalue weighted by Gasteiger charge is -2.25. The van der Waals surface area contributed by atoms with Gasteiger partial charge >= 0.3 is 0 Å². The van der Waals surface area contributed by atoms with Crippen molar-refractivity contribution in [3.8, 4) is 5.69 Å². The van der Waals surface area contributed by atoms with Crippen LogP contribution < -0.4 is 5.32 Å². The molecule has 0 spiro atoms. The zero-order valence-electron chi connectivity index (χ0n) is 16.2. The van der Waals surface area contributed by atoms with Gasteiger partial charge in [0.05, 0.1) is 11.7 Å². The van der Waals surface area contributed by atoms with E-state index in [0.717, 1.165) is 11.3 Å². The molecule has 1 N–H and O–H groups in total. The molecule has 1 aromatic heterocycles. The van der Waals surface area contributed by atoms with E-state index in [-0.39, 0.29) is 30.8 Å². The molecule has 3 rings (SSSR count). The molecule has 1 atom stereocenters. The summed E-state index contributed by atoms with van der Waals surface area (Å²) >= 11 is 5.82. The first-order valence-electron chi connectivity index (χ1n) is 9.20. The molecule has 0 saturated carbocycles. The van der Waals surface area contributed by atoms with Gasteiger partial charge in [0.15, 0.2) is 0 Å². The van der Waals surface area contributed by atoms with E-state index in [0.29, 0.717) is 10.6 Å². The summed E-state index contributed by atoms with van der Waals surface area (Å²) in [5.74, 6) is -0.275. The third-order valence-corrected chi connectivity index (χ3v) is 5.02. The van der Waals surface area contributed by atoms with Crippen molar-refractivity contribution in [3.05, 3.63) is 77.3 Å². The second-order valence-corrected chi connectivity index (χ2v) is 7.06. The molecule has 0 aliphatic carbocycles. The van der Waals surface area contributed by atoms with Crippen molar-refractivity contribution >= 4 is 23.4 Å². The number of rotatable bonds is 7. The van der Waals surface area contributed by atoms with Crippen molar-refractivity contribution in [2.24, 2.45) is 0 Å². The molecule has 0 fully saturated rings. The fourth-order valence-corrected chi connectivity index (χ4v) is 2.98. The van der Waals surface area contributed by atoms with Crippen LogP contribution in [0.4, 0.5) is 0 Å². The van der Waals surface area contributed by atoms with Crippen molar-refractivity contribution in [2.45, 2.75) is 19.4 Å². The molecule has 1 heterocycles. The zero-order chi connectivity index (χ0) is 20.8. The largest absolute Gasteiger partial charge is 0.352 e. The molecule has 0 aliphatic rings. The number of hydrogen-bond acceptors (Lipinski definition) is 4. The van der Waals surface area contributed by atoms with Gasteiger partial charge in [-0.25, -0.2) is 9.67 Å². The molecule has 0 unspecified atom stereocenters. The Morgan fingerprint density at radius 2 is 1.83 bits per heavy atom. The maximum absolute atomic E-state index is 12.5. The van der Waals surface area contributed by atoms with Gasteiger partial charge in [-0.3, -0.25) is 9.59 Å². The van der Waals surface area contributed by atoms with E-state index < -0.39 is 0 Å². The Bertz CT molecular complexity index is 956. The minimum atomic E-state index is -0.228. The van der Waals surface area contributed by atoms with Crippen molar-refractivity contribution in [2.75, 3.05) is 13.6 Å². The third-order valence-electron chi connectivity index (χ3n) is 4.76. The van der Waals surface area contributed by atoms with Gasteiger partial charge in [0.2, 0.25) is 5.91 Å². The third kappa shape index (κ3) is 5.20. The van der Waals surface area contributed by atoms with Crippen LogP contribution in [0.1, 0.15) is 35.3 Å². The van der Waals surface area contributed by atoms with Crippen molar-refractivity contribution in [3.63, 3.8) is 0 Å². The molecular formula is C21H22ClN5O2. The Hall–Kier alpha value is -3.19. The van der Waals surface area contributed by atoms with Crippen LogP contribution in [-0.2, 0) is 4.79 Å². The van der Waals surface area contributed by atoms with Crippen LogP contribution in [0.15, 0.2) is 61.2 Å². The predicted molar refractivity (Wildman–Crippen MR) is 111 cm³/mol. The summed E-state index contributed by atoms with van der Waals surface area (Å²) in [5, 5.41) is 7.43. The first kappa shape index (κ1) is 20.5. The molecule has 2 aromatic carbocycles. The van der Waals surface area contributed by atoms with Crippen LogP contribution >= 0.6 is 11.6 Å².